The zero-order chi connectivity index (χ0) is 17.3. The van der Waals surface area contributed by atoms with Gasteiger partial charge in [-0.2, -0.15) is 13.2 Å². The molecule has 0 aliphatic rings. The van der Waals surface area contributed by atoms with Crippen LogP contribution in [0.2, 0.25) is 0 Å². The molecule has 0 saturated carbocycles. The van der Waals surface area contributed by atoms with Crippen molar-refractivity contribution in [2.75, 3.05) is 7.11 Å². The van der Waals surface area contributed by atoms with E-state index in [4.69, 9.17) is 4.74 Å². The molecule has 0 bridgehead atoms. The predicted octanol–water partition coefficient (Wildman–Crippen LogP) is 5.33. The number of methoxy groups -OCH3 is 1. The van der Waals surface area contributed by atoms with Crippen LogP contribution in [0.15, 0.2) is 59.2 Å². The Balaban J connectivity index is 2.15. The Morgan fingerprint density at radius 1 is 1.00 bits per heavy atom. The highest BCUT2D eigenvalue weighted by molar-refractivity contribution is 9.10. The van der Waals surface area contributed by atoms with E-state index in [1.54, 1.807) is 48.5 Å². The molecule has 3 aromatic rings. The molecule has 0 N–H and O–H groups in total. The molecule has 0 aliphatic heterocycles. The molecule has 0 radical (unpaired) electrons. The number of benzene rings is 2. The average molecular weight is 397 g/mol. The molecule has 3 rings (SSSR count). The van der Waals surface area contributed by atoms with Gasteiger partial charge in [0.15, 0.2) is 5.69 Å². The molecule has 124 valence electrons. The smallest absolute Gasteiger partial charge is 0.434 e. The maximum atomic E-state index is 13.1. The van der Waals surface area contributed by atoms with E-state index >= 15 is 0 Å². The third-order valence-corrected chi connectivity index (χ3v) is 3.98. The molecular formula is C17H12BrF3N2O. The second-order valence-corrected chi connectivity index (χ2v) is 5.94. The van der Waals surface area contributed by atoms with E-state index in [0.29, 0.717) is 17.0 Å². The van der Waals surface area contributed by atoms with Crippen molar-refractivity contribution in [3.8, 4) is 22.8 Å². The third-order valence-electron chi connectivity index (χ3n) is 3.45. The van der Waals surface area contributed by atoms with Crippen molar-refractivity contribution in [2.24, 2.45) is 0 Å². The lowest BCUT2D eigenvalue weighted by Crippen LogP contribution is -2.04. The van der Waals surface area contributed by atoms with Crippen LogP contribution in [0.4, 0.5) is 13.2 Å². The van der Waals surface area contributed by atoms with Gasteiger partial charge in [0.05, 0.1) is 7.11 Å². The summed E-state index contributed by atoms with van der Waals surface area (Å²) in [5.74, 6) is 0.837. The summed E-state index contributed by atoms with van der Waals surface area (Å²) < 4.78 is 46.6. The first-order valence-corrected chi connectivity index (χ1v) is 7.75. The summed E-state index contributed by atoms with van der Waals surface area (Å²) in [4.78, 5) is 3.79. The standard InChI is InChI=1S/C17H12BrF3N2O/c1-24-14-8-2-11(3-9-14)16-22-15(17(19,20)21)10-23(16)13-6-4-12(18)5-7-13/h2-10H,1H3. The van der Waals surface area contributed by atoms with Gasteiger partial charge in [-0.3, -0.25) is 4.57 Å². The molecule has 0 aliphatic carbocycles. The van der Waals surface area contributed by atoms with Crippen molar-refractivity contribution in [2.45, 2.75) is 6.18 Å². The van der Waals surface area contributed by atoms with E-state index in [1.807, 2.05) is 0 Å². The van der Waals surface area contributed by atoms with Crippen molar-refractivity contribution < 1.29 is 17.9 Å². The fourth-order valence-electron chi connectivity index (χ4n) is 2.26. The number of aromatic nitrogens is 2. The van der Waals surface area contributed by atoms with E-state index in [1.165, 1.54) is 11.7 Å². The molecule has 1 aromatic heterocycles. The van der Waals surface area contributed by atoms with Gasteiger partial charge in [-0.05, 0) is 48.5 Å². The summed E-state index contributed by atoms with van der Waals surface area (Å²) >= 11 is 3.32. The van der Waals surface area contributed by atoms with E-state index < -0.39 is 11.9 Å². The minimum atomic E-state index is -4.51. The van der Waals surface area contributed by atoms with Crippen molar-refractivity contribution in [3.05, 3.63) is 64.9 Å². The predicted molar refractivity (Wildman–Crippen MR) is 88.3 cm³/mol. The van der Waals surface area contributed by atoms with Crippen LogP contribution in [0.5, 0.6) is 5.75 Å². The number of ether oxygens (including phenoxy) is 1. The Labute approximate surface area is 144 Å². The Hall–Kier alpha value is -2.28. The van der Waals surface area contributed by atoms with Crippen LogP contribution in [0, 0.1) is 0 Å². The molecular weight excluding hydrogens is 385 g/mol. The molecule has 2 aromatic carbocycles. The molecule has 0 spiro atoms. The molecule has 0 amide bonds. The van der Waals surface area contributed by atoms with Crippen LogP contribution in [-0.2, 0) is 6.18 Å². The van der Waals surface area contributed by atoms with Crippen molar-refractivity contribution in [1.82, 2.24) is 9.55 Å². The Morgan fingerprint density at radius 3 is 2.17 bits per heavy atom. The van der Waals surface area contributed by atoms with Gasteiger partial charge < -0.3 is 4.74 Å². The maximum Gasteiger partial charge on any atom is 0.434 e. The lowest BCUT2D eigenvalue weighted by atomic mass is 10.2. The summed E-state index contributed by atoms with van der Waals surface area (Å²) in [5.41, 5.74) is 0.220. The number of imidazole rings is 1. The second-order valence-electron chi connectivity index (χ2n) is 5.02. The van der Waals surface area contributed by atoms with Gasteiger partial charge in [-0.1, -0.05) is 15.9 Å². The topological polar surface area (TPSA) is 27.1 Å². The summed E-state index contributed by atoms with van der Waals surface area (Å²) in [5, 5.41) is 0. The highest BCUT2D eigenvalue weighted by Gasteiger charge is 2.35. The van der Waals surface area contributed by atoms with Gasteiger partial charge in [0, 0.05) is 21.9 Å². The van der Waals surface area contributed by atoms with Crippen LogP contribution < -0.4 is 4.74 Å². The quantitative estimate of drug-likeness (QED) is 0.598. The molecule has 0 fully saturated rings. The largest absolute Gasteiger partial charge is 0.497 e. The minimum absolute atomic E-state index is 0.215. The van der Waals surface area contributed by atoms with E-state index in [9.17, 15) is 13.2 Å². The summed E-state index contributed by atoms with van der Waals surface area (Å²) in [6.45, 7) is 0. The number of hydrogen-bond acceptors (Lipinski definition) is 2. The SMILES string of the molecule is COc1ccc(-c2nc(C(F)(F)F)cn2-c2ccc(Br)cc2)cc1. The Morgan fingerprint density at radius 2 is 1.62 bits per heavy atom. The maximum absolute atomic E-state index is 13.1. The van der Waals surface area contributed by atoms with E-state index in [0.717, 1.165) is 10.7 Å². The van der Waals surface area contributed by atoms with Crippen LogP contribution in [0.1, 0.15) is 5.69 Å². The summed E-state index contributed by atoms with van der Waals surface area (Å²) in [6.07, 6.45) is -3.51. The van der Waals surface area contributed by atoms with E-state index in [2.05, 4.69) is 20.9 Å². The monoisotopic (exact) mass is 396 g/mol. The van der Waals surface area contributed by atoms with Gasteiger partial charge in [0.2, 0.25) is 0 Å². The lowest BCUT2D eigenvalue weighted by molar-refractivity contribution is -0.140. The van der Waals surface area contributed by atoms with Gasteiger partial charge in [0.1, 0.15) is 11.6 Å². The van der Waals surface area contributed by atoms with Crippen LogP contribution in [0.3, 0.4) is 0 Å². The van der Waals surface area contributed by atoms with Crippen LogP contribution >= 0.6 is 15.9 Å². The van der Waals surface area contributed by atoms with Crippen LogP contribution in [0.25, 0.3) is 17.1 Å². The molecule has 1 heterocycles. The highest BCUT2D eigenvalue weighted by Crippen LogP contribution is 2.33. The van der Waals surface area contributed by atoms with Crippen molar-refractivity contribution in [3.63, 3.8) is 0 Å². The summed E-state index contributed by atoms with van der Waals surface area (Å²) in [6, 6.07) is 13.7. The highest BCUT2D eigenvalue weighted by atomic mass is 79.9. The second kappa shape index (κ2) is 6.32. The number of nitrogens with zero attached hydrogens (tertiary/aromatic N) is 2. The minimum Gasteiger partial charge on any atom is -0.497 e. The van der Waals surface area contributed by atoms with Gasteiger partial charge in [0.25, 0.3) is 0 Å². The molecule has 24 heavy (non-hydrogen) atoms. The Kier molecular flexibility index (Phi) is 4.36. The van der Waals surface area contributed by atoms with Crippen molar-refractivity contribution in [1.29, 1.82) is 0 Å². The first kappa shape index (κ1) is 16.6. The molecule has 7 heteroatoms. The molecule has 0 unspecified atom stereocenters. The van der Waals surface area contributed by atoms with E-state index in [-0.39, 0.29) is 5.82 Å². The average Bonchev–Trinajstić information content (AvgIpc) is 3.01. The lowest BCUT2D eigenvalue weighted by Gasteiger charge is -2.08. The van der Waals surface area contributed by atoms with Gasteiger partial charge in [-0.15, -0.1) is 0 Å². The third kappa shape index (κ3) is 3.31. The zero-order valence-corrected chi connectivity index (χ0v) is 14.1. The molecule has 3 nitrogen and oxygen atoms in total. The first-order chi connectivity index (χ1) is 11.4. The molecule has 0 atom stereocenters. The Bertz CT molecular complexity index is 840. The van der Waals surface area contributed by atoms with Gasteiger partial charge >= 0.3 is 6.18 Å². The zero-order valence-electron chi connectivity index (χ0n) is 12.5. The number of hydrogen-bond donors (Lipinski definition) is 0. The fraction of sp³-hybridized carbons (Fsp3) is 0.118. The summed E-state index contributed by atoms with van der Waals surface area (Å²) in [7, 11) is 1.53. The first-order valence-electron chi connectivity index (χ1n) is 6.95. The molecule has 0 saturated heterocycles. The number of rotatable bonds is 3. The normalized spacial score (nSPS) is 11.5. The fourth-order valence-corrected chi connectivity index (χ4v) is 2.52. The number of alkyl halides is 3. The van der Waals surface area contributed by atoms with Crippen LogP contribution in [-0.4, -0.2) is 16.7 Å². The van der Waals surface area contributed by atoms with Gasteiger partial charge in [-0.25, -0.2) is 4.98 Å². The number of halogens is 4. The van der Waals surface area contributed by atoms with Crippen molar-refractivity contribution >= 4 is 15.9 Å².